The van der Waals surface area contributed by atoms with Crippen molar-refractivity contribution in [1.29, 1.82) is 10.5 Å². The quantitative estimate of drug-likeness (QED) is 0.0341. The van der Waals surface area contributed by atoms with E-state index >= 15 is 0 Å². The van der Waals surface area contributed by atoms with Crippen molar-refractivity contribution < 1.29 is 52.6 Å². The first kappa shape index (κ1) is 61.2. The number of aromatic nitrogens is 4. The third kappa shape index (κ3) is 15.9. The second kappa shape index (κ2) is 29.3. The van der Waals surface area contributed by atoms with Crippen molar-refractivity contribution in [3.05, 3.63) is 170 Å². The van der Waals surface area contributed by atoms with Gasteiger partial charge in [0.05, 0.1) is 106 Å². The molecule has 2 saturated heterocycles. The number of rotatable bonds is 16. The summed E-state index contributed by atoms with van der Waals surface area (Å²) in [4.78, 5) is 49.2. The number of phenolic OH excluding ortho intramolecular Hbond substituents is 1. The number of amides is 2. The maximum atomic E-state index is 12.5. The van der Waals surface area contributed by atoms with Crippen LogP contribution < -0.4 is 26.0 Å². The molecule has 0 bridgehead atoms. The number of aromatic hydroxyl groups is 1. The van der Waals surface area contributed by atoms with Crippen LogP contribution in [0.25, 0.3) is 11.0 Å². The van der Waals surface area contributed by atoms with Gasteiger partial charge < -0.3 is 39.4 Å². The lowest BCUT2D eigenvalue weighted by Crippen LogP contribution is -2.38. The van der Waals surface area contributed by atoms with Gasteiger partial charge in [0.1, 0.15) is 36.9 Å². The van der Waals surface area contributed by atoms with E-state index in [1.165, 1.54) is 36.7 Å². The zero-order chi connectivity index (χ0) is 58.8. The third-order valence-electron chi connectivity index (χ3n) is 12.9. The van der Waals surface area contributed by atoms with Crippen LogP contribution in [-0.2, 0) is 18.9 Å². The molecular formula is C57H59FN14O12. The number of fused-ring (bicyclic) bond motifs is 2. The lowest BCUT2D eigenvalue weighted by atomic mass is 10.1. The van der Waals surface area contributed by atoms with Crippen molar-refractivity contribution in [2.24, 2.45) is 0 Å². The highest BCUT2D eigenvalue weighted by atomic mass is 19.1. The molecule has 436 valence electrons. The smallest absolute Gasteiger partial charge is 0.411 e. The maximum absolute atomic E-state index is 12.5. The number of benzene rings is 4. The fourth-order valence-electron chi connectivity index (χ4n) is 8.59. The molecule has 0 aliphatic carbocycles. The second-order valence-electron chi connectivity index (χ2n) is 18.3. The van der Waals surface area contributed by atoms with E-state index in [0.29, 0.717) is 107 Å². The number of nitriles is 2. The van der Waals surface area contributed by atoms with Crippen LogP contribution in [0.1, 0.15) is 29.7 Å². The molecule has 0 atom stereocenters. The number of hydrogen-bond acceptors (Lipinski definition) is 20. The average Bonchev–Trinajstić information content (AvgIpc) is 2.48. The van der Waals surface area contributed by atoms with Crippen LogP contribution in [0.2, 0.25) is 0 Å². The van der Waals surface area contributed by atoms with E-state index < -0.39 is 33.5 Å². The van der Waals surface area contributed by atoms with Crippen molar-refractivity contribution >= 4 is 68.7 Å². The standard InChI is InChI=1S/C28H27N7O6.C22H24N6O4.C6H4FNO2.CH4/c1-19-23(32-28(36)40-15-12-33-10-13-39-14-11-33)18-34-27(19)26(20(16-29)17-30-34)31-21-6-8-22(9-7-21)41-25-5-3-2-4-24(25)35(37)38;1-15-19(26-22(30)32-11-8-27-6-9-31-10-7-27)14-28-21(15)20(16(12-23)13-24-28)25-17-2-4-18(29)5-3-17;7-5-3-1-2-4-6(5)8(9)10;/h2-9,17-18,31H,10-15H2,1H3,(H,32,36);2-5,13-14,25,29H,6-11H2,1H3,(H,26,30);1-4H;1H4. The molecule has 8 aromatic rings. The minimum atomic E-state index is -0.799. The lowest BCUT2D eigenvalue weighted by molar-refractivity contribution is -0.387. The Morgan fingerprint density at radius 1 is 0.667 bits per heavy atom. The predicted octanol–water partition coefficient (Wildman–Crippen LogP) is 10.1. The first-order valence-electron chi connectivity index (χ1n) is 25.7. The molecule has 2 fully saturated rings. The van der Waals surface area contributed by atoms with E-state index in [4.69, 9.17) is 23.7 Å². The van der Waals surface area contributed by atoms with Gasteiger partial charge in [-0.05, 0) is 74.5 Å². The number of aryl methyl sites for hydroxylation is 2. The number of phenols is 1. The number of para-hydroxylation sites is 3. The fraction of sp³-hybridized carbons (Fsp3) is 0.263. The molecule has 0 spiro atoms. The van der Waals surface area contributed by atoms with Gasteiger partial charge in [-0.25, -0.2) is 18.6 Å². The summed E-state index contributed by atoms with van der Waals surface area (Å²) in [6.45, 7) is 11.5. The number of hydrogen-bond donors (Lipinski definition) is 5. The highest BCUT2D eigenvalue weighted by Crippen LogP contribution is 2.36. The minimum Gasteiger partial charge on any atom is -0.508 e. The lowest BCUT2D eigenvalue weighted by Gasteiger charge is -2.26. The number of nitrogens with one attached hydrogen (secondary N) is 4. The molecule has 2 amide bonds. The van der Waals surface area contributed by atoms with Crippen molar-refractivity contribution in [3.8, 4) is 29.4 Å². The Morgan fingerprint density at radius 2 is 1.10 bits per heavy atom. The molecule has 2 aliphatic rings. The molecule has 0 saturated carbocycles. The van der Waals surface area contributed by atoms with Gasteiger partial charge >= 0.3 is 23.6 Å². The molecule has 2 aliphatic heterocycles. The molecule has 10 rings (SSSR count). The number of morpholine rings is 2. The molecule has 0 unspecified atom stereocenters. The summed E-state index contributed by atoms with van der Waals surface area (Å²) < 4.78 is 42.6. The third-order valence-corrected chi connectivity index (χ3v) is 12.9. The van der Waals surface area contributed by atoms with Crippen molar-refractivity contribution in [1.82, 2.24) is 29.0 Å². The summed E-state index contributed by atoms with van der Waals surface area (Å²) in [5.74, 6) is -0.118. The Morgan fingerprint density at radius 3 is 1.52 bits per heavy atom. The highest BCUT2D eigenvalue weighted by molar-refractivity contribution is 5.94. The van der Waals surface area contributed by atoms with Gasteiger partial charge in [-0.2, -0.15) is 25.1 Å². The molecular weight excluding hydrogens is 1090 g/mol. The average molecular weight is 1150 g/mol. The minimum absolute atomic E-state index is 0. The van der Waals surface area contributed by atoms with Crippen molar-refractivity contribution in [3.63, 3.8) is 0 Å². The molecule has 4 aromatic heterocycles. The molecule has 6 heterocycles. The Labute approximate surface area is 480 Å². The number of anilines is 6. The second-order valence-corrected chi connectivity index (χ2v) is 18.3. The summed E-state index contributed by atoms with van der Waals surface area (Å²) in [5.41, 5.74) is 6.16. The van der Waals surface area contributed by atoms with Gasteiger partial charge in [0.25, 0.3) is 0 Å². The van der Waals surface area contributed by atoms with E-state index in [2.05, 4.69) is 53.4 Å². The number of halogens is 1. The van der Waals surface area contributed by atoms with Crippen LogP contribution in [0, 0.1) is 62.6 Å². The number of carbonyl (C=O) groups is 2. The Balaban J connectivity index is 0.000000209. The van der Waals surface area contributed by atoms with Crippen LogP contribution in [0.5, 0.6) is 17.2 Å². The Hall–Kier alpha value is -10.5. The van der Waals surface area contributed by atoms with Crippen LogP contribution in [0.15, 0.2) is 122 Å². The summed E-state index contributed by atoms with van der Waals surface area (Å²) in [6, 6.07) is 28.7. The van der Waals surface area contributed by atoms with Gasteiger partial charge in [-0.1, -0.05) is 31.7 Å². The zero-order valence-corrected chi connectivity index (χ0v) is 44.8. The Bertz CT molecular complexity index is 3690. The maximum Gasteiger partial charge on any atom is 0.411 e. The molecule has 4 aromatic carbocycles. The van der Waals surface area contributed by atoms with Gasteiger partial charge in [0.2, 0.25) is 11.6 Å². The molecule has 5 N–H and O–H groups in total. The molecule has 27 heteroatoms. The normalized spacial score (nSPS) is 13.0. The summed E-state index contributed by atoms with van der Waals surface area (Å²) >= 11 is 0. The van der Waals surface area contributed by atoms with E-state index in [-0.39, 0.29) is 37.8 Å². The van der Waals surface area contributed by atoms with Gasteiger partial charge in [0.15, 0.2) is 0 Å². The summed E-state index contributed by atoms with van der Waals surface area (Å²) in [6.07, 6.45) is 5.10. The zero-order valence-electron chi connectivity index (χ0n) is 44.8. The van der Waals surface area contributed by atoms with Crippen LogP contribution in [0.3, 0.4) is 0 Å². The summed E-state index contributed by atoms with van der Waals surface area (Å²) in [7, 11) is 0. The first-order valence-corrected chi connectivity index (χ1v) is 25.7. The van der Waals surface area contributed by atoms with Crippen LogP contribution in [0.4, 0.5) is 59.5 Å². The van der Waals surface area contributed by atoms with Gasteiger partial charge in [-0.15, -0.1) is 0 Å². The van der Waals surface area contributed by atoms with E-state index in [0.717, 1.165) is 43.9 Å². The first-order chi connectivity index (χ1) is 40.2. The highest BCUT2D eigenvalue weighted by Gasteiger charge is 2.22. The number of ether oxygens (including phenoxy) is 5. The van der Waals surface area contributed by atoms with E-state index in [1.807, 2.05) is 13.8 Å². The molecule has 84 heavy (non-hydrogen) atoms. The summed E-state index contributed by atoms with van der Waals surface area (Å²) in [5, 5.41) is 70.7. The Kier molecular flexibility index (Phi) is 21.4. The number of nitro groups is 2. The molecule has 0 radical (unpaired) electrons. The predicted molar refractivity (Wildman–Crippen MR) is 308 cm³/mol. The van der Waals surface area contributed by atoms with E-state index in [1.54, 1.807) is 82.1 Å². The van der Waals surface area contributed by atoms with Crippen LogP contribution >= 0.6 is 0 Å². The van der Waals surface area contributed by atoms with E-state index in [9.17, 15) is 49.8 Å². The van der Waals surface area contributed by atoms with Crippen molar-refractivity contribution in [2.45, 2.75) is 21.3 Å². The monoisotopic (exact) mass is 1150 g/mol. The fourth-order valence-corrected chi connectivity index (χ4v) is 8.59. The SMILES string of the molecule is C.Cc1c(NC(=O)OCCN2CCOCC2)cn2ncc(C#N)c(Nc3ccc(O)cc3)c12.Cc1c(NC(=O)OCCN2CCOCC2)cn2ncc(C#N)c(Nc3ccc(Oc4ccccc4[N+](=O)[O-])cc3)c12.O=[N+]([O-])c1ccccc1F. The number of carbonyl (C=O) groups excluding carboxylic acids is 2. The molecule has 26 nitrogen and oxygen atoms in total. The largest absolute Gasteiger partial charge is 0.508 e. The van der Waals surface area contributed by atoms with Crippen LogP contribution in [-0.4, -0.2) is 135 Å². The van der Waals surface area contributed by atoms with Gasteiger partial charge in [-0.3, -0.25) is 40.7 Å². The topological polar surface area (TPSA) is 324 Å². The number of nitrogens with zero attached hydrogens (tertiary/aromatic N) is 10. The van der Waals surface area contributed by atoms with Crippen molar-refractivity contribution in [2.75, 3.05) is 100 Å². The van der Waals surface area contributed by atoms with Gasteiger partial charge in [0, 0.05) is 73.9 Å². The number of nitro benzene ring substituents is 2.